The van der Waals surface area contributed by atoms with Crippen molar-refractivity contribution in [2.24, 2.45) is 7.05 Å². The van der Waals surface area contributed by atoms with E-state index in [4.69, 9.17) is 0 Å². The van der Waals surface area contributed by atoms with E-state index >= 15 is 0 Å². The molecule has 0 aliphatic carbocycles. The monoisotopic (exact) mass is 426 g/mol. The largest absolute Gasteiger partial charge is 0.327 e. The van der Waals surface area contributed by atoms with Gasteiger partial charge in [0.05, 0.1) is 17.6 Å². The van der Waals surface area contributed by atoms with Crippen LogP contribution in [0.1, 0.15) is 0 Å². The molecule has 4 aromatic rings. The lowest BCUT2D eigenvalue weighted by molar-refractivity contribution is -0.115. The highest BCUT2D eigenvalue weighted by molar-refractivity contribution is 7.91. The number of fused-ring (bicyclic) bond motifs is 1. The van der Waals surface area contributed by atoms with Crippen LogP contribution >= 0.6 is 11.3 Å². The number of carbonyl (C=O) groups excluding carboxylic acids is 1. The highest BCUT2D eigenvalue weighted by Gasteiger charge is 2.16. The number of sulfonamides is 1. The van der Waals surface area contributed by atoms with Crippen LogP contribution in [0.2, 0.25) is 0 Å². The Morgan fingerprint density at radius 1 is 1.07 bits per heavy atom. The number of amides is 1. The Kier molecular flexibility index (Phi) is 5.18. The van der Waals surface area contributed by atoms with E-state index in [0.29, 0.717) is 5.69 Å². The summed E-state index contributed by atoms with van der Waals surface area (Å²) in [5.41, 5.74) is 3.45. The van der Waals surface area contributed by atoms with Gasteiger partial charge in [-0.25, -0.2) is 18.1 Å². The zero-order valence-corrected chi connectivity index (χ0v) is 17.1. The number of hydrogen-bond acceptors (Lipinski definition) is 5. The molecule has 4 rings (SSSR count). The molecular weight excluding hydrogens is 408 g/mol. The molecule has 0 atom stereocenters. The number of rotatable bonds is 6. The molecule has 2 N–H and O–H groups in total. The topological polar surface area (TPSA) is 93.1 Å². The van der Waals surface area contributed by atoms with Gasteiger partial charge in [0.15, 0.2) is 0 Å². The van der Waals surface area contributed by atoms with Crippen molar-refractivity contribution in [3.05, 3.63) is 66.0 Å². The number of nitrogens with zero attached hydrogens (tertiary/aromatic N) is 2. The molecule has 29 heavy (non-hydrogen) atoms. The third kappa shape index (κ3) is 4.07. The zero-order valence-electron chi connectivity index (χ0n) is 15.5. The van der Waals surface area contributed by atoms with E-state index < -0.39 is 15.9 Å². The van der Waals surface area contributed by atoms with Crippen LogP contribution < -0.4 is 10.0 Å². The first-order valence-corrected chi connectivity index (χ1v) is 11.2. The minimum absolute atomic E-state index is 0.178. The van der Waals surface area contributed by atoms with Gasteiger partial charge in [0.2, 0.25) is 5.91 Å². The summed E-state index contributed by atoms with van der Waals surface area (Å²) in [6, 6.07) is 18.3. The molecule has 2 aromatic carbocycles. The van der Waals surface area contributed by atoms with E-state index in [1.54, 1.807) is 23.6 Å². The standard InChI is InChI=1S/C20H18N4O3S2/c1-24-17-6-3-2-5-16(17)23-20(24)14-8-10-15(11-9-14)22-18(25)13-21-29(26,27)19-7-4-12-28-19/h2-12,21H,13H2,1H3,(H,22,25). The summed E-state index contributed by atoms with van der Waals surface area (Å²) >= 11 is 1.10. The SMILES string of the molecule is Cn1c(-c2ccc(NC(=O)CNS(=O)(=O)c3cccs3)cc2)nc2ccccc21. The summed E-state index contributed by atoms with van der Waals surface area (Å²) in [6.07, 6.45) is 0. The third-order valence-corrected chi connectivity index (χ3v) is 7.20. The Morgan fingerprint density at radius 3 is 2.52 bits per heavy atom. The predicted molar refractivity (Wildman–Crippen MR) is 114 cm³/mol. The van der Waals surface area contributed by atoms with Crippen LogP contribution in [-0.2, 0) is 21.9 Å². The Hall–Kier alpha value is -3.01. The molecule has 0 spiro atoms. The second-order valence-corrected chi connectivity index (χ2v) is 9.31. The maximum Gasteiger partial charge on any atom is 0.250 e. The van der Waals surface area contributed by atoms with Crippen molar-refractivity contribution in [1.82, 2.24) is 14.3 Å². The molecule has 1 amide bonds. The molecule has 0 unspecified atom stereocenters. The number of benzene rings is 2. The number of aryl methyl sites for hydroxylation is 1. The zero-order chi connectivity index (χ0) is 20.4. The number of thiophene rings is 1. The van der Waals surface area contributed by atoms with Gasteiger partial charge in [-0.05, 0) is 47.8 Å². The normalized spacial score (nSPS) is 11.6. The van der Waals surface area contributed by atoms with Crippen molar-refractivity contribution in [2.75, 3.05) is 11.9 Å². The van der Waals surface area contributed by atoms with Crippen molar-refractivity contribution in [3.63, 3.8) is 0 Å². The molecule has 7 nitrogen and oxygen atoms in total. The van der Waals surface area contributed by atoms with Gasteiger partial charge in [0.25, 0.3) is 10.0 Å². The minimum atomic E-state index is -3.67. The molecule has 0 aliphatic heterocycles. The van der Waals surface area contributed by atoms with E-state index in [0.717, 1.165) is 33.8 Å². The highest BCUT2D eigenvalue weighted by Crippen LogP contribution is 2.24. The average Bonchev–Trinajstić information content (AvgIpc) is 3.37. The lowest BCUT2D eigenvalue weighted by Crippen LogP contribution is -2.32. The lowest BCUT2D eigenvalue weighted by atomic mass is 10.2. The molecule has 0 aliphatic rings. The van der Waals surface area contributed by atoms with Crippen molar-refractivity contribution in [2.45, 2.75) is 4.21 Å². The first-order chi connectivity index (χ1) is 13.9. The Labute approximate surface area is 172 Å². The number of imidazole rings is 1. The van der Waals surface area contributed by atoms with Crippen LogP contribution in [-0.4, -0.2) is 30.4 Å². The first kappa shape index (κ1) is 19.3. The first-order valence-electron chi connectivity index (χ1n) is 8.79. The fourth-order valence-electron chi connectivity index (χ4n) is 2.96. The molecule has 0 fully saturated rings. The van der Waals surface area contributed by atoms with Crippen molar-refractivity contribution in [1.29, 1.82) is 0 Å². The van der Waals surface area contributed by atoms with Gasteiger partial charge in [0.1, 0.15) is 10.0 Å². The fraction of sp³-hybridized carbons (Fsp3) is 0.100. The minimum Gasteiger partial charge on any atom is -0.327 e. The molecule has 0 saturated carbocycles. The molecule has 0 saturated heterocycles. The van der Waals surface area contributed by atoms with Crippen molar-refractivity contribution < 1.29 is 13.2 Å². The van der Waals surface area contributed by atoms with Crippen LogP contribution in [0, 0.1) is 0 Å². The Balaban J connectivity index is 1.43. The summed E-state index contributed by atoms with van der Waals surface area (Å²) in [6.45, 7) is -0.341. The number of anilines is 1. The van der Waals surface area contributed by atoms with Crippen LogP contribution in [0.5, 0.6) is 0 Å². The van der Waals surface area contributed by atoms with Gasteiger partial charge in [-0.3, -0.25) is 4.79 Å². The summed E-state index contributed by atoms with van der Waals surface area (Å²) in [4.78, 5) is 16.8. The number of hydrogen-bond donors (Lipinski definition) is 2. The molecule has 148 valence electrons. The molecule has 0 bridgehead atoms. The smallest absolute Gasteiger partial charge is 0.250 e. The van der Waals surface area contributed by atoms with Gasteiger partial charge in [-0.2, -0.15) is 0 Å². The van der Waals surface area contributed by atoms with E-state index in [9.17, 15) is 13.2 Å². The molecule has 2 heterocycles. The number of aromatic nitrogens is 2. The van der Waals surface area contributed by atoms with Crippen LogP contribution in [0.4, 0.5) is 5.69 Å². The summed E-state index contributed by atoms with van der Waals surface area (Å²) in [7, 11) is -1.71. The average molecular weight is 427 g/mol. The van der Waals surface area contributed by atoms with Crippen LogP contribution in [0.25, 0.3) is 22.4 Å². The molecule has 0 radical (unpaired) electrons. The van der Waals surface area contributed by atoms with Crippen LogP contribution in [0.15, 0.2) is 70.3 Å². The molecular formula is C20H18N4O3S2. The van der Waals surface area contributed by atoms with Crippen molar-refractivity contribution in [3.8, 4) is 11.4 Å². The summed E-state index contributed by atoms with van der Waals surface area (Å²) in [5.74, 6) is 0.383. The quantitative estimate of drug-likeness (QED) is 0.495. The van der Waals surface area contributed by atoms with Gasteiger partial charge in [-0.15, -0.1) is 11.3 Å². The maximum absolute atomic E-state index is 12.1. The number of nitrogens with one attached hydrogen (secondary N) is 2. The Bertz CT molecular complexity index is 1260. The number of para-hydroxylation sites is 2. The third-order valence-electron chi connectivity index (χ3n) is 4.40. The molecule has 2 aromatic heterocycles. The summed E-state index contributed by atoms with van der Waals surface area (Å²) in [5, 5.41) is 4.36. The summed E-state index contributed by atoms with van der Waals surface area (Å²) < 4.78 is 28.6. The van der Waals surface area contributed by atoms with E-state index in [1.807, 2.05) is 48.0 Å². The lowest BCUT2D eigenvalue weighted by Gasteiger charge is -2.08. The van der Waals surface area contributed by atoms with Gasteiger partial charge in [-0.1, -0.05) is 18.2 Å². The maximum atomic E-state index is 12.1. The van der Waals surface area contributed by atoms with Crippen LogP contribution in [0.3, 0.4) is 0 Å². The predicted octanol–water partition coefficient (Wildman–Crippen LogP) is 3.22. The van der Waals surface area contributed by atoms with Gasteiger partial charge < -0.3 is 9.88 Å². The fourth-order valence-corrected chi connectivity index (χ4v) is 4.98. The second kappa shape index (κ2) is 7.78. The Morgan fingerprint density at radius 2 is 1.83 bits per heavy atom. The number of carbonyl (C=O) groups is 1. The highest BCUT2D eigenvalue weighted by atomic mass is 32.2. The second-order valence-electron chi connectivity index (χ2n) is 6.37. The van der Waals surface area contributed by atoms with Gasteiger partial charge >= 0.3 is 0 Å². The van der Waals surface area contributed by atoms with Gasteiger partial charge in [0, 0.05) is 18.3 Å². The van der Waals surface area contributed by atoms with E-state index in [1.165, 1.54) is 6.07 Å². The van der Waals surface area contributed by atoms with E-state index in [-0.39, 0.29) is 10.8 Å². The van der Waals surface area contributed by atoms with E-state index in [2.05, 4.69) is 15.0 Å². The molecule has 9 heteroatoms. The van der Waals surface area contributed by atoms with Crippen molar-refractivity contribution >= 4 is 44.0 Å².